The number of nitrogens with zero attached hydrogens (tertiary/aromatic N) is 4. The van der Waals surface area contributed by atoms with Crippen molar-refractivity contribution in [3.8, 4) is 5.88 Å². The number of hydrogen-bond acceptors (Lipinski definition) is 7. The summed E-state index contributed by atoms with van der Waals surface area (Å²) in [5.41, 5.74) is 1.31. The lowest BCUT2D eigenvalue weighted by Crippen LogP contribution is -2.39. The van der Waals surface area contributed by atoms with Gasteiger partial charge in [-0.15, -0.1) is 0 Å². The molecule has 12 heteroatoms. The predicted molar refractivity (Wildman–Crippen MR) is 130 cm³/mol. The van der Waals surface area contributed by atoms with Crippen LogP contribution >= 0.6 is 23.2 Å². The second kappa shape index (κ2) is 9.55. The number of amides is 2. The largest absolute Gasteiger partial charge is 0.455 e. The molecule has 2 amide bonds. The number of aromatic nitrogens is 2. The van der Waals surface area contributed by atoms with E-state index in [4.69, 9.17) is 27.9 Å². The van der Waals surface area contributed by atoms with Gasteiger partial charge in [0.15, 0.2) is 6.73 Å². The maximum Gasteiger partial charge on any atom is 0.268 e. The van der Waals surface area contributed by atoms with Crippen molar-refractivity contribution in [1.29, 1.82) is 0 Å². The normalized spacial score (nSPS) is 15.7. The van der Waals surface area contributed by atoms with Gasteiger partial charge in [-0.2, -0.15) is 4.98 Å². The lowest BCUT2D eigenvalue weighted by molar-refractivity contribution is -0.120. The van der Waals surface area contributed by atoms with Crippen molar-refractivity contribution in [2.75, 3.05) is 41.5 Å². The Hall–Kier alpha value is -3.63. The Balaban J connectivity index is 1.33. The molecule has 3 aromatic rings. The van der Waals surface area contributed by atoms with Gasteiger partial charge in [-0.25, -0.2) is 9.37 Å². The van der Waals surface area contributed by atoms with Crippen LogP contribution in [0.25, 0.3) is 0 Å². The van der Waals surface area contributed by atoms with E-state index in [0.717, 1.165) is 0 Å². The van der Waals surface area contributed by atoms with Crippen LogP contribution in [0.3, 0.4) is 0 Å². The number of carbonyl (C=O) groups is 2. The minimum atomic E-state index is -0.444. The van der Waals surface area contributed by atoms with Gasteiger partial charge in [-0.05, 0) is 30.3 Å². The summed E-state index contributed by atoms with van der Waals surface area (Å²) in [5, 5.41) is 6.32. The minimum Gasteiger partial charge on any atom is -0.455 e. The molecule has 1 fully saturated rings. The van der Waals surface area contributed by atoms with E-state index in [9.17, 15) is 14.0 Å². The number of halogens is 3. The first-order chi connectivity index (χ1) is 16.9. The highest BCUT2D eigenvalue weighted by atomic mass is 35.5. The van der Waals surface area contributed by atoms with Gasteiger partial charge < -0.3 is 20.3 Å². The highest BCUT2D eigenvalue weighted by molar-refractivity contribution is 6.40. The van der Waals surface area contributed by atoms with E-state index in [2.05, 4.69) is 20.6 Å². The summed E-state index contributed by atoms with van der Waals surface area (Å²) in [6.45, 7) is 1.28. The Morgan fingerprint density at radius 1 is 1.11 bits per heavy atom. The molecule has 0 saturated carbocycles. The Bertz CT molecular complexity index is 1300. The number of carbonyl (C=O) groups excluding carboxylic acids is 2. The molecular weight excluding hydrogens is 498 g/mol. The Labute approximate surface area is 209 Å². The maximum atomic E-state index is 14.8. The average Bonchev–Trinajstić information content (AvgIpc) is 3.05. The molecule has 2 aliphatic heterocycles. The molecule has 0 atom stereocenters. The monoisotopic (exact) mass is 516 g/mol. The fourth-order valence-electron chi connectivity index (χ4n) is 3.90. The van der Waals surface area contributed by atoms with Crippen LogP contribution in [0.5, 0.6) is 5.88 Å². The van der Waals surface area contributed by atoms with Crippen molar-refractivity contribution in [2.24, 2.45) is 0 Å². The second-order valence-electron chi connectivity index (χ2n) is 7.87. The van der Waals surface area contributed by atoms with Gasteiger partial charge in [0.1, 0.15) is 11.4 Å². The third-order valence-electron chi connectivity index (χ3n) is 5.62. The summed E-state index contributed by atoms with van der Waals surface area (Å²) in [6.07, 6.45) is 1.64. The molecule has 35 heavy (non-hydrogen) atoms. The van der Waals surface area contributed by atoms with Gasteiger partial charge in [0.2, 0.25) is 17.7 Å². The molecule has 2 aromatic carbocycles. The molecule has 9 nitrogen and oxygen atoms in total. The lowest BCUT2D eigenvalue weighted by Gasteiger charge is -2.29. The third-order valence-corrected chi connectivity index (χ3v) is 6.23. The summed E-state index contributed by atoms with van der Waals surface area (Å²) < 4.78 is 20.5. The van der Waals surface area contributed by atoms with Crippen LogP contribution in [0.2, 0.25) is 10.0 Å². The van der Waals surface area contributed by atoms with Crippen molar-refractivity contribution >= 4 is 58.0 Å². The summed E-state index contributed by atoms with van der Waals surface area (Å²) in [7, 11) is 0. The number of ether oxygens (including phenoxy) is 1. The zero-order valence-electron chi connectivity index (χ0n) is 18.2. The van der Waals surface area contributed by atoms with Crippen LogP contribution in [0.4, 0.5) is 27.4 Å². The highest BCUT2D eigenvalue weighted by Crippen LogP contribution is 2.37. The lowest BCUT2D eigenvalue weighted by atomic mass is 10.2. The minimum absolute atomic E-state index is 0.0467. The van der Waals surface area contributed by atoms with E-state index in [1.165, 1.54) is 17.2 Å². The molecule has 0 spiro atoms. The Kier molecular flexibility index (Phi) is 6.31. The van der Waals surface area contributed by atoms with Crippen molar-refractivity contribution in [2.45, 2.75) is 6.42 Å². The fraction of sp³-hybridized carbons (Fsp3) is 0.217. The third kappa shape index (κ3) is 4.67. The first-order valence-corrected chi connectivity index (χ1v) is 11.5. The van der Waals surface area contributed by atoms with Crippen molar-refractivity contribution < 1.29 is 18.7 Å². The number of para-hydroxylation sites is 1. The maximum absolute atomic E-state index is 14.8. The predicted octanol–water partition coefficient (Wildman–Crippen LogP) is 3.99. The van der Waals surface area contributed by atoms with E-state index in [1.807, 2.05) is 4.90 Å². The first-order valence-electron chi connectivity index (χ1n) is 10.7. The smallest absolute Gasteiger partial charge is 0.268 e. The van der Waals surface area contributed by atoms with E-state index in [-0.39, 0.29) is 30.0 Å². The standard InChI is InChI=1S/C23H19Cl2FN6O3/c24-15-2-1-3-16(25)20(15)32-12-35-21-14(22(32)34)11-28-23(30-21)29-13-4-5-18(17(26)10-13)31-8-6-19(33)27-7-9-31/h1-5,10-11H,6-9,12H2,(H,27,33)(H,28,29,30). The number of nitrogens with one attached hydrogen (secondary N) is 2. The molecule has 0 bridgehead atoms. The molecule has 1 saturated heterocycles. The molecule has 3 heterocycles. The van der Waals surface area contributed by atoms with Crippen LogP contribution in [0.15, 0.2) is 42.6 Å². The second-order valence-corrected chi connectivity index (χ2v) is 8.68. The molecule has 2 aliphatic rings. The van der Waals surface area contributed by atoms with E-state index >= 15 is 0 Å². The molecule has 0 aliphatic carbocycles. The van der Waals surface area contributed by atoms with E-state index in [0.29, 0.717) is 53.2 Å². The summed E-state index contributed by atoms with van der Waals surface area (Å²) in [6, 6.07) is 9.59. The summed E-state index contributed by atoms with van der Waals surface area (Å²) in [5.74, 6) is -0.674. The molecule has 5 rings (SSSR count). The van der Waals surface area contributed by atoms with Gasteiger partial charge >= 0.3 is 0 Å². The van der Waals surface area contributed by atoms with Crippen molar-refractivity contribution in [3.63, 3.8) is 0 Å². The molecular formula is C23H19Cl2FN6O3. The summed E-state index contributed by atoms with van der Waals surface area (Å²) >= 11 is 12.5. The van der Waals surface area contributed by atoms with Gasteiger partial charge in [0.25, 0.3) is 5.91 Å². The zero-order valence-corrected chi connectivity index (χ0v) is 19.7. The van der Waals surface area contributed by atoms with Crippen LogP contribution < -0.4 is 25.2 Å². The molecule has 0 radical (unpaired) electrons. The topological polar surface area (TPSA) is 99.7 Å². The Morgan fingerprint density at radius 3 is 2.69 bits per heavy atom. The van der Waals surface area contributed by atoms with E-state index in [1.54, 1.807) is 30.3 Å². The van der Waals surface area contributed by atoms with Gasteiger partial charge in [-0.3, -0.25) is 14.5 Å². The van der Waals surface area contributed by atoms with Crippen LogP contribution in [0.1, 0.15) is 16.8 Å². The molecule has 180 valence electrons. The van der Waals surface area contributed by atoms with Gasteiger partial charge in [0, 0.05) is 37.9 Å². The summed E-state index contributed by atoms with van der Waals surface area (Å²) in [4.78, 5) is 36.1. The zero-order chi connectivity index (χ0) is 24.5. The van der Waals surface area contributed by atoms with Crippen LogP contribution in [-0.4, -0.2) is 48.1 Å². The first kappa shape index (κ1) is 23.1. The van der Waals surface area contributed by atoms with E-state index < -0.39 is 11.7 Å². The van der Waals surface area contributed by atoms with Crippen LogP contribution in [0, 0.1) is 5.82 Å². The van der Waals surface area contributed by atoms with Crippen molar-refractivity contribution in [3.05, 3.63) is 64.0 Å². The number of hydrogen-bond donors (Lipinski definition) is 2. The van der Waals surface area contributed by atoms with Gasteiger partial charge in [-0.1, -0.05) is 29.3 Å². The number of rotatable bonds is 4. The average molecular weight is 517 g/mol. The van der Waals surface area contributed by atoms with Gasteiger partial charge in [0.05, 0.1) is 21.4 Å². The highest BCUT2D eigenvalue weighted by Gasteiger charge is 2.31. The van der Waals surface area contributed by atoms with Crippen LogP contribution in [-0.2, 0) is 4.79 Å². The molecule has 1 aromatic heterocycles. The molecule has 2 N–H and O–H groups in total. The Morgan fingerprint density at radius 2 is 1.91 bits per heavy atom. The SMILES string of the molecule is O=C1CCN(c2ccc(Nc3ncc4c(n3)OCN(c3c(Cl)cccc3Cl)C4=O)cc2F)CCN1. The number of anilines is 4. The number of fused-ring (bicyclic) bond motifs is 1. The fourth-order valence-corrected chi connectivity index (χ4v) is 4.51. The number of benzene rings is 2. The van der Waals surface area contributed by atoms with Crippen molar-refractivity contribution in [1.82, 2.24) is 15.3 Å². The quantitative estimate of drug-likeness (QED) is 0.540. The molecule has 0 unspecified atom stereocenters.